The van der Waals surface area contributed by atoms with Crippen molar-refractivity contribution in [3.05, 3.63) is 0 Å². The molecule has 3 N–H and O–H groups in total. The average molecular weight is 132 g/mol. The van der Waals surface area contributed by atoms with Crippen LogP contribution in [0.15, 0.2) is 4.99 Å². The third-order valence-corrected chi connectivity index (χ3v) is 0.256. The first-order chi connectivity index (χ1) is 4.18. The van der Waals surface area contributed by atoms with Crippen molar-refractivity contribution in [3.8, 4) is 0 Å². The highest BCUT2D eigenvalue weighted by Crippen LogP contribution is 1.59. The topological polar surface area (TPSA) is 92.8 Å². The summed E-state index contributed by atoms with van der Waals surface area (Å²) in [5.74, 6) is 0. The molecule has 0 atom stereocenters. The van der Waals surface area contributed by atoms with Crippen molar-refractivity contribution in [1.82, 2.24) is 0 Å². The molecule has 0 aromatic carbocycles. The second kappa shape index (κ2) is 9.79. The zero-order chi connectivity index (χ0) is 7.70. The molecule has 0 aromatic rings. The highest BCUT2D eigenvalue weighted by atomic mass is 16.3. The molecule has 5 nitrogen and oxygen atoms in total. The minimum atomic E-state index is -0.641. The average Bonchev–Trinajstić information content (AvgIpc) is 1.67. The van der Waals surface area contributed by atoms with E-state index in [4.69, 9.17) is 9.90 Å². The maximum atomic E-state index is 9.62. The summed E-state index contributed by atoms with van der Waals surface area (Å²) >= 11 is 0. The van der Waals surface area contributed by atoms with E-state index in [1.54, 1.807) is 6.92 Å². The van der Waals surface area contributed by atoms with E-state index >= 15 is 0 Å². The Morgan fingerprint density at radius 2 is 2.11 bits per heavy atom. The van der Waals surface area contributed by atoms with Crippen molar-refractivity contribution in [2.75, 3.05) is 0 Å². The van der Waals surface area contributed by atoms with Gasteiger partial charge in [0.05, 0.1) is 0 Å². The van der Waals surface area contributed by atoms with Crippen molar-refractivity contribution >= 4 is 18.7 Å². The summed E-state index contributed by atoms with van der Waals surface area (Å²) in [6, 6.07) is -0.641. The van der Waals surface area contributed by atoms with Crippen molar-refractivity contribution in [2.45, 2.75) is 6.92 Å². The molecule has 0 aliphatic heterocycles. The molecule has 0 saturated carbocycles. The van der Waals surface area contributed by atoms with E-state index in [-0.39, 0.29) is 6.47 Å². The number of nitrogens with two attached hydrogens (primary N) is 1. The molecule has 0 radical (unpaired) electrons. The number of hydrogen-bond acceptors (Lipinski definition) is 2. The number of urea groups is 1. The highest BCUT2D eigenvalue weighted by Gasteiger charge is 1.74. The van der Waals surface area contributed by atoms with Crippen LogP contribution in [-0.2, 0) is 4.79 Å². The van der Waals surface area contributed by atoms with Gasteiger partial charge in [-0.05, 0) is 6.92 Å². The van der Waals surface area contributed by atoms with Gasteiger partial charge in [0, 0.05) is 6.21 Å². The molecule has 9 heavy (non-hydrogen) atoms. The normalized spacial score (nSPS) is 7.67. The van der Waals surface area contributed by atoms with Crippen molar-refractivity contribution in [1.29, 1.82) is 0 Å². The number of carbonyl (C=O) groups is 2. The van der Waals surface area contributed by atoms with Crippen LogP contribution in [0.5, 0.6) is 0 Å². The molecule has 0 bridgehead atoms. The summed E-state index contributed by atoms with van der Waals surface area (Å²) < 4.78 is 0. The van der Waals surface area contributed by atoms with E-state index in [1.165, 1.54) is 6.21 Å². The van der Waals surface area contributed by atoms with Crippen LogP contribution in [0.1, 0.15) is 6.92 Å². The molecule has 0 aliphatic rings. The first-order valence-electron chi connectivity index (χ1n) is 2.05. The fourth-order valence-corrected chi connectivity index (χ4v) is 0.127. The van der Waals surface area contributed by atoms with Gasteiger partial charge in [-0.25, -0.2) is 9.79 Å². The van der Waals surface area contributed by atoms with Gasteiger partial charge < -0.3 is 10.8 Å². The van der Waals surface area contributed by atoms with Crippen LogP contribution < -0.4 is 5.73 Å². The first-order valence-corrected chi connectivity index (χ1v) is 2.05. The van der Waals surface area contributed by atoms with Crippen LogP contribution in [0.4, 0.5) is 4.79 Å². The summed E-state index contributed by atoms with van der Waals surface area (Å²) in [5, 5.41) is 6.89. The van der Waals surface area contributed by atoms with Gasteiger partial charge in [-0.1, -0.05) is 0 Å². The Morgan fingerprint density at radius 3 is 2.11 bits per heavy atom. The van der Waals surface area contributed by atoms with Crippen LogP contribution in [-0.4, -0.2) is 23.8 Å². The molecular formula is C4H8N2O3. The minimum absolute atomic E-state index is 0.250. The number of amides is 2. The maximum absolute atomic E-state index is 9.62. The number of hydrogen-bond donors (Lipinski definition) is 2. The molecule has 0 spiro atoms. The summed E-state index contributed by atoms with van der Waals surface area (Å²) in [5.41, 5.74) is 4.57. The fraction of sp³-hybridized carbons (Fsp3) is 0.250. The predicted molar refractivity (Wildman–Crippen MR) is 32.4 cm³/mol. The summed E-state index contributed by atoms with van der Waals surface area (Å²) in [4.78, 5) is 21.1. The summed E-state index contributed by atoms with van der Waals surface area (Å²) in [6.07, 6.45) is 1.35. The number of nitrogens with zero attached hydrogens (tertiary/aromatic N) is 1. The Balaban J connectivity index is 0. The lowest BCUT2D eigenvalue weighted by atomic mass is 10.9. The summed E-state index contributed by atoms with van der Waals surface area (Å²) in [7, 11) is 0. The van der Waals surface area contributed by atoms with Gasteiger partial charge in [0.25, 0.3) is 6.47 Å². The van der Waals surface area contributed by atoms with Gasteiger partial charge in [-0.2, -0.15) is 0 Å². The predicted octanol–water partition coefficient (Wildman–Crippen LogP) is -0.143. The minimum Gasteiger partial charge on any atom is -0.483 e. The first kappa shape index (κ1) is 10.6. The molecule has 0 rings (SSSR count). The molecule has 5 heteroatoms. The number of primary amides is 1. The van der Waals surface area contributed by atoms with Gasteiger partial charge in [0.15, 0.2) is 0 Å². The Hall–Kier alpha value is -1.39. The van der Waals surface area contributed by atoms with E-state index in [1.807, 2.05) is 0 Å². The van der Waals surface area contributed by atoms with Crippen LogP contribution in [0, 0.1) is 0 Å². The lowest BCUT2D eigenvalue weighted by molar-refractivity contribution is -0.122. The van der Waals surface area contributed by atoms with Crippen LogP contribution >= 0.6 is 0 Å². The van der Waals surface area contributed by atoms with Crippen molar-refractivity contribution in [2.24, 2.45) is 10.7 Å². The smallest absolute Gasteiger partial charge is 0.337 e. The Labute approximate surface area is 52.2 Å². The molecule has 0 aromatic heterocycles. The second-order valence-corrected chi connectivity index (χ2v) is 0.831. The number of rotatable bonds is 0. The van der Waals surface area contributed by atoms with Crippen LogP contribution in [0.2, 0.25) is 0 Å². The zero-order valence-electron chi connectivity index (χ0n) is 4.94. The van der Waals surface area contributed by atoms with E-state index in [0.29, 0.717) is 0 Å². The molecule has 2 amide bonds. The van der Waals surface area contributed by atoms with Crippen molar-refractivity contribution in [3.63, 3.8) is 0 Å². The lowest BCUT2D eigenvalue weighted by Gasteiger charge is -1.70. The standard InChI is InChI=1S/C3H6N2O.CH2O2/c1-2-5-3(4)6;2-1-3/h2H,1H3,(H2,4,6);1H,(H,2,3). The van der Waals surface area contributed by atoms with Crippen molar-refractivity contribution < 1.29 is 14.7 Å². The monoisotopic (exact) mass is 132 g/mol. The zero-order valence-corrected chi connectivity index (χ0v) is 4.94. The SMILES string of the molecule is CC=NC(N)=O.O=CO. The quantitative estimate of drug-likeness (QED) is 0.354. The van der Waals surface area contributed by atoms with Gasteiger partial charge >= 0.3 is 6.03 Å². The van der Waals surface area contributed by atoms with E-state index in [0.717, 1.165) is 0 Å². The fourth-order valence-electron chi connectivity index (χ4n) is 0.127. The third-order valence-electron chi connectivity index (χ3n) is 0.256. The maximum Gasteiger partial charge on any atom is 0.337 e. The van der Waals surface area contributed by atoms with Crippen LogP contribution in [0.25, 0.3) is 0 Å². The molecule has 0 fully saturated rings. The van der Waals surface area contributed by atoms with Gasteiger partial charge in [0.2, 0.25) is 0 Å². The van der Waals surface area contributed by atoms with Gasteiger partial charge in [0.1, 0.15) is 0 Å². The highest BCUT2D eigenvalue weighted by molar-refractivity contribution is 5.81. The van der Waals surface area contributed by atoms with E-state index in [9.17, 15) is 4.79 Å². The van der Waals surface area contributed by atoms with Gasteiger partial charge in [-0.3, -0.25) is 4.79 Å². The largest absolute Gasteiger partial charge is 0.483 e. The third kappa shape index (κ3) is 54.2. The molecule has 0 unspecified atom stereocenters. The Morgan fingerprint density at radius 1 is 1.78 bits per heavy atom. The molecule has 0 aliphatic carbocycles. The van der Waals surface area contributed by atoms with E-state index < -0.39 is 6.03 Å². The van der Waals surface area contributed by atoms with E-state index in [2.05, 4.69) is 10.7 Å². The number of carbonyl (C=O) groups excluding carboxylic acids is 1. The molecule has 0 saturated heterocycles. The molecular weight excluding hydrogens is 124 g/mol. The number of aliphatic imine (C=N–C) groups is 1. The van der Waals surface area contributed by atoms with Crippen LogP contribution in [0.3, 0.4) is 0 Å². The lowest BCUT2D eigenvalue weighted by Crippen LogP contribution is -2.02. The summed E-state index contributed by atoms with van der Waals surface area (Å²) in [6.45, 7) is 1.38. The molecule has 0 heterocycles. The molecule has 52 valence electrons. The Bertz CT molecular complexity index is 110. The Kier molecular flexibility index (Phi) is 11.5. The van der Waals surface area contributed by atoms with Gasteiger partial charge in [-0.15, -0.1) is 0 Å². The number of carboxylic acid groups (broad SMARTS) is 1. The second-order valence-electron chi connectivity index (χ2n) is 0.831.